The van der Waals surface area contributed by atoms with Gasteiger partial charge in [-0.25, -0.2) is 8.78 Å². The second-order valence-corrected chi connectivity index (χ2v) is 3.89. The van der Waals surface area contributed by atoms with Crippen molar-refractivity contribution in [3.63, 3.8) is 0 Å². The number of hydrogen-bond acceptors (Lipinski definition) is 3. The Morgan fingerprint density at radius 1 is 1.35 bits per heavy atom. The van der Waals surface area contributed by atoms with Gasteiger partial charge in [0.15, 0.2) is 11.6 Å². The topological polar surface area (TPSA) is 61.9 Å². The van der Waals surface area contributed by atoms with Gasteiger partial charge in [0.25, 0.3) is 0 Å². The average molecular weight is 237 g/mol. The van der Waals surface area contributed by atoms with Gasteiger partial charge in [-0.2, -0.15) is 0 Å². The number of nitrogen functional groups attached to an aromatic ring is 1. The van der Waals surface area contributed by atoms with Crippen LogP contribution in [0.5, 0.6) is 0 Å². The first-order chi connectivity index (χ1) is 8.11. The SMILES string of the molecule is N=C(C1=CCCNC1)c1ccc(F)c(F)c1N. The Bertz CT molecular complexity index is 495. The van der Waals surface area contributed by atoms with Crippen LogP contribution in [0.25, 0.3) is 0 Å². The molecule has 4 N–H and O–H groups in total. The van der Waals surface area contributed by atoms with Gasteiger partial charge in [-0.15, -0.1) is 0 Å². The summed E-state index contributed by atoms with van der Waals surface area (Å²) in [4.78, 5) is 0. The minimum atomic E-state index is -1.09. The minimum absolute atomic E-state index is 0.147. The summed E-state index contributed by atoms with van der Waals surface area (Å²) in [7, 11) is 0. The fraction of sp³-hybridized carbons (Fsp3) is 0.250. The highest BCUT2D eigenvalue weighted by molar-refractivity contribution is 6.13. The van der Waals surface area contributed by atoms with Gasteiger partial charge in [0, 0.05) is 12.1 Å². The van der Waals surface area contributed by atoms with Gasteiger partial charge in [0.2, 0.25) is 0 Å². The molecule has 2 rings (SSSR count). The zero-order valence-electron chi connectivity index (χ0n) is 9.19. The summed E-state index contributed by atoms with van der Waals surface area (Å²) in [6, 6.07) is 2.33. The molecule has 1 aliphatic heterocycles. The molecular weight excluding hydrogens is 224 g/mol. The third-order valence-electron chi connectivity index (χ3n) is 2.75. The van der Waals surface area contributed by atoms with E-state index in [0.29, 0.717) is 6.54 Å². The summed E-state index contributed by atoms with van der Waals surface area (Å²) < 4.78 is 26.2. The average Bonchev–Trinajstić information content (AvgIpc) is 2.36. The number of rotatable bonds is 2. The van der Waals surface area contributed by atoms with Crippen molar-refractivity contribution in [2.24, 2.45) is 0 Å². The number of benzene rings is 1. The van der Waals surface area contributed by atoms with Crippen molar-refractivity contribution < 1.29 is 8.78 Å². The summed E-state index contributed by atoms with van der Waals surface area (Å²) in [5.74, 6) is -2.08. The molecule has 0 unspecified atom stereocenters. The first-order valence-corrected chi connectivity index (χ1v) is 5.33. The molecular formula is C12H13F2N3. The summed E-state index contributed by atoms with van der Waals surface area (Å²) in [5.41, 5.74) is 6.32. The van der Waals surface area contributed by atoms with E-state index in [1.807, 2.05) is 6.08 Å². The molecule has 1 heterocycles. The molecule has 1 aliphatic rings. The highest BCUT2D eigenvalue weighted by atomic mass is 19.2. The van der Waals surface area contributed by atoms with Crippen LogP contribution in [0.3, 0.4) is 0 Å². The van der Waals surface area contributed by atoms with E-state index >= 15 is 0 Å². The molecule has 0 atom stereocenters. The van der Waals surface area contributed by atoms with Gasteiger partial charge in [-0.05, 0) is 30.7 Å². The Kier molecular flexibility index (Phi) is 3.19. The lowest BCUT2D eigenvalue weighted by Crippen LogP contribution is -2.26. The molecule has 0 bridgehead atoms. The summed E-state index contributed by atoms with van der Waals surface area (Å²) in [6.07, 6.45) is 2.74. The Hall–Kier alpha value is -1.75. The van der Waals surface area contributed by atoms with Crippen LogP contribution in [0.2, 0.25) is 0 Å². The van der Waals surface area contributed by atoms with Gasteiger partial charge < -0.3 is 11.1 Å². The first-order valence-electron chi connectivity index (χ1n) is 5.33. The van der Waals surface area contributed by atoms with Gasteiger partial charge in [-0.3, -0.25) is 5.41 Å². The number of hydrogen-bond donors (Lipinski definition) is 3. The monoisotopic (exact) mass is 237 g/mol. The highest BCUT2D eigenvalue weighted by Crippen LogP contribution is 2.22. The summed E-state index contributed by atoms with van der Waals surface area (Å²) >= 11 is 0. The molecule has 1 aromatic rings. The third-order valence-corrected chi connectivity index (χ3v) is 2.75. The van der Waals surface area contributed by atoms with Crippen molar-refractivity contribution in [2.75, 3.05) is 18.8 Å². The first kappa shape index (κ1) is 11.7. The van der Waals surface area contributed by atoms with Crippen molar-refractivity contribution in [3.8, 4) is 0 Å². The molecule has 0 amide bonds. The van der Waals surface area contributed by atoms with Crippen molar-refractivity contribution in [1.29, 1.82) is 5.41 Å². The fourth-order valence-corrected chi connectivity index (χ4v) is 1.79. The predicted octanol–water partition coefficient (Wildman–Crippen LogP) is 1.83. The van der Waals surface area contributed by atoms with Crippen LogP contribution in [0.1, 0.15) is 12.0 Å². The molecule has 0 spiro atoms. The second-order valence-electron chi connectivity index (χ2n) is 3.89. The largest absolute Gasteiger partial charge is 0.396 e. The van der Waals surface area contributed by atoms with Crippen LogP contribution in [0.4, 0.5) is 14.5 Å². The fourth-order valence-electron chi connectivity index (χ4n) is 1.79. The minimum Gasteiger partial charge on any atom is -0.396 e. The third kappa shape index (κ3) is 2.19. The number of anilines is 1. The Balaban J connectivity index is 2.37. The lowest BCUT2D eigenvalue weighted by Gasteiger charge is -2.16. The highest BCUT2D eigenvalue weighted by Gasteiger charge is 2.17. The molecule has 1 aromatic carbocycles. The maximum absolute atomic E-state index is 13.3. The summed E-state index contributed by atoms with van der Waals surface area (Å²) in [5, 5.41) is 11.1. The van der Waals surface area contributed by atoms with Crippen LogP contribution in [-0.4, -0.2) is 18.8 Å². The van der Waals surface area contributed by atoms with Crippen molar-refractivity contribution in [2.45, 2.75) is 6.42 Å². The molecule has 0 saturated carbocycles. The molecule has 0 saturated heterocycles. The second kappa shape index (κ2) is 4.63. The van der Waals surface area contributed by atoms with E-state index in [-0.39, 0.29) is 17.0 Å². The normalized spacial score (nSPS) is 15.5. The van der Waals surface area contributed by atoms with E-state index in [9.17, 15) is 8.78 Å². The number of nitrogens with one attached hydrogen (secondary N) is 2. The Morgan fingerprint density at radius 2 is 2.12 bits per heavy atom. The smallest absolute Gasteiger partial charge is 0.182 e. The van der Waals surface area contributed by atoms with E-state index in [0.717, 1.165) is 24.6 Å². The number of halogens is 2. The van der Waals surface area contributed by atoms with Crippen molar-refractivity contribution >= 4 is 11.4 Å². The zero-order chi connectivity index (χ0) is 12.4. The zero-order valence-corrected chi connectivity index (χ0v) is 9.19. The standard InChI is InChI=1S/C12H13F2N3/c13-9-4-3-8(12(16)10(9)14)11(15)7-2-1-5-17-6-7/h2-4,15,17H,1,5-6,16H2. The molecule has 0 radical (unpaired) electrons. The Morgan fingerprint density at radius 3 is 2.76 bits per heavy atom. The van der Waals surface area contributed by atoms with Crippen LogP contribution < -0.4 is 11.1 Å². The van der Waals surface area contributed by atoms with Gasteiger partial charge in [0.05, 0.1) is 11.4 Å². The number of nitrogens with two attached hydrogens (primary N) is 1. The molecule has 0 aliphatic carbocycles. The van der Waals surface area contributed by atoms with E-state index < -0.39 is 11.6 Å². The van der Waals surface area contributed by atoms with Crippen LogP contribution >= 0.6 is 0 Å². The van der Waals surface area contributed by atoms with Gasteiger partial charge >= 0.3 is 0 Å². The molecule has 5 heteroatoms. The predicted molar refractivity (Wildman–Crippen MR) is 63.2 cm³/mol. The lowest BCUT2D eigenvalue weighted by molar-refractivity contribution is 0.512. The molecule has 90 valence electrons. The van der Waals surface area contributed by atoms with E-state index in [4.69, 9.17) is 11.1 Å². The quantitative estimate of drug-likeness (QED) is 0.543. The van der Waals surface area contributed by atoms with Crippen LogP contribution in [0.15, 0.2) is 23.8 Å². The van der Waals surface area contributed by atoms with E-state index in [2.05, 4.69) is 5.32 Å². The molecule has 0 aromatic heterocycles. The van der Waals surface area contributed by atoms with Gasteiger partial charge in [-0.1, -0.05) is 6.08 Å². The summed E-state index contributed by atoms with van der Waals surface area (Å²) in [6.45, 7) is 1.42. The van der Waals surface area contributed by atoms with E-state index in [1.54, 1.807) is 0 Å². The maximum atomic E-state index is 13.3. The van der Waals surface area contributed by atoms with Crippen LogP contribution in [0, 0.1) is 17.0 Å². The maximum Gasteiger partial charge on any atom is 0.182 e. The van der Waals surface area contributed by atoms with Gasteiger partial charge in [0.1, 0.15) is 0 Å². The van der Waals surface area contributed by atoms with Crippen molar-refractivity contribution in [3.05, 3.63) is 41.0 Å². The molecule has 0 fully saturated rings. The van der Waals surface area contributed by atoms with Crippen molar-refractivity contribution in [1.82, 2.24) is 5.32 Å². The van der Waals surface area contributed by atoms with Crippen LogP contribution in [-0.2, 0) is 0 Å². The molecule has 3 nitrogen and oxygen atoms in total. The Labute approximate surface area is 97.8 Å². The van der Waals surface area contributed by atoms with E-state index in [1.165, 1.54) is 6.07 Å². The molecule has 17 heavy (non-hydrogen) atoms. The lowest BCUT2D eigenvalue weighted by atomic mass is 9.98.